The van der Waals surface area contributed by atoms with Crippen LogP contribution in [0.2, 0.25) is 0 Å². The number of amides is 1. The Morgan fingerprint density at radius 3 is 2.85 bits per heavy atom. The molecule has 1 atom stereocenters. The molecular formula is C17H23N5O3S. The molecule has 1 amide bonds. The summed E-state index contributed by atoms with van der Waals surface area (Å²) in [5, 5.41) is 7.64. The lowest BCUT2D eigenvalue weighted by Crippen LogP contribution is -2.36. The largest absolute Gasteiger partial charge is 0.370 e. The second-order valence-electron chi connectivity index (χ2n) is 6.62. The zero-order valence-corrected chi connectivity index (χ0v) is 15.5. The Hall–Kier alpha value is -2.42. The molecule has 3 heterocycles. The Balaban J connectivity index is 1.69. The van der Waals surface area contributed by atoms with E-state index < -0.39 is 9.84 Å². The second-order valence-corrected chi connectivity index (χ2v) is 8.88. The van der Waals surface area contributed by atoms with Gasteiger partial charge in [-0.3, -0.25) is 9.48 Å². The summed E-state index contributed by atoms with van der Waals surface area (Å²) in [7, 11) is -3.16. The fraction of sp³-hybridized carbons (Fsp3) is 0.471. The molecule has 140 valence electrons. The predicted molar refractivity (Wildman–Crippen MR) is 98.2 cm³/mol. The quantitative estimate of drug-likeness (QED) is 0.799. The summed E-state index contributed by atoms with van der Waals surface area (Å²) >= 11 is 0. The Kier molecular flexibility index (Phi) is 5.55. The number of fused-ring (bicyclic) bond motifs is 1. The van der Waals surface area contributed by atoms with Crippen LogP contribution in [-0.4, -0.2) is 59.1 Å². The first-order valence-electron chi connectivity index (χ1n) is 8.52. The minimum Gasteiger partial charge on any atom is -0.370 e. The maximum absolute atomic E-state index is 12.5. The Labute approximate surface area is 153 Å². The first-order valence-corrected chi connectivity index (χ1v) is 10.6. The van der Waals surface area contributed by atoms with Crippen molar-refractivity contribution in [1.82, 2.24) is 19.7 Å². The number of anilines is 1. The van der Waals surface area contributed by atoms with E-state index in [-0.39, 0.29) is 24.0 Å². The van der Waals surface area contributed by atoms with E-state index in [1.807, 2.05) is 28.9 Å². The molecule has 0 aromatic carbocycles. The van der Waals surface area contributed by atoms with Gasteiger partial charge in [0.05, 0.1) is 18.0 Å². The number of pyridine rings is 1. The second kappa shape index (κ2) is 7.86. The van der Waals surface area contributed by atoms with Crippen molar-refractivity contribution >= 4 is 21.6 Å². The highest BCUT2D eigenvalue weighted by Gasteiger charge is 2.26. The van der Waals surface area contributed by atoms with Gasteiger partial charge in [0.15, 0.2) is 0 Å². The molecule has 1 N–H and O–H groups in total. The van der Waals surface area contributed by atoms with Gasteiger partial charge in [-0.1, -0.05) is 6.07 Å². The van der Waals surface area contributed by atoms with E-state index in [2.05, 4.69) is 15.4 Å². The third-order valence-corrected chi connectivity index (χ3v) is 5.29. The van der Waals surface area contributed by atoms with Crippen LogP contribution < -0.4 is 5.32 Å². The average Bonchev–Trinajstić information content (AvgIpc) is 2.96. The van der Waals surface area contributed by atoms with Crippen LogP contribution >= 0.6 is 0 Å². The van der Waals surface area contributed by atoms with Gasteiger partial charge in [0.1, 0.15) is 15.7 Å². The third-order valence-electron chi connectivity index (χ3n) is 4.34. The minimum absolute atomic E-state index is 0.00730. The number of hydrogen-bond donors (Lipinski definition) is 1. The van der Waals surface area contributed by atoms with Gasteiger partial charge in [-0.05, 0) is 18.2 Å². The van der Waals surface area contributed by atoms with E-state index in [4.69, 9.17) is 0 Å². The molecule has 2 aromatic heterocycles. The minimum atomic E-state index is -3.16. The molecule has 3 rings (SSSR count). The number of nitrogens with zero attached hydrogens (tertiary/aromatic N) is 4. The number of nitrogens with one attached hydrogen (secondary N) is 1. The number of rotatable bonds is 6. The fourth-order valence-corrected chi connectivity index (χ4v) is 3.54. The number of sulfone groups is 1. The molecular weight excluding hydrogens is 354 g/mol. The molecule has 9 heteroatoms. The molecule has 0 bridgehead atoms. The van der Waals surface area contributed by atoms with Crippen molar-refractivity contribution in [3.8, 4) is 0 Å². The molecule has 2 aromatic rings. The van der Waals surface area contributed by atoms with Gasteiger partial charge in [0.2, 0.25) is 5.91 Å². The van der Waals surface area contributed by atoms with Crippen molar-refractivity contribution in [3.05, 3.63) is 42.4 Å². The van der Waals surface area contributed by atoms with E-state index >= 15 is 0 Å². The number of hydrogen-bond acceptors (Lipinski definition) is 6. The lowest BCUT2D eigenvalue weighted by molar-refractivity contribution is -0.131. The highest BCUT2D eigenvalue weighted by molar-refractivity contribution is 7.90. The number of carbonyl (C=O) groups excluding carboxylic acids is 1. The Morgan fingerprint density at radius 2 is 2.12 bits per heavy atom. The molecule has 0 unspecified atom stereocenters. The van der Waals surface area contributed by atoms with Crippen molar-refractivity contribution in [2.24, 2.45) is 5.92 Å². The summed E-state index contributed by atoms with van der Waals surface area (Å²) in [6, 6.07) is 7.56. The summed E-state index contributed by atoms with van der Waals surface area (Å²) in [6.07, 6.45) is 4.61. The van der Waals surface area contributed by atoms with E-state index in [9.17, 15) is 13.2 Å². The van der Waals surface area contributed by atoms with Crippen molar-refractivity contribution in [2.45, 2.75) is 19.5 Å². The van der Waals surface area contributed by atoms with Gasteiger partial charge in [0.25, 0.3) is 0 Å². The van der Waals surface area contributed by atoms with Crippen LogP contribution in [0.5, 0.6) is 0 Å². The molecule has 0 spiro atoms. The van der Waals surface area contributed by atoms with Gasteiger partial charge in [-0.25, -0.2) is 13.4 Å². The smallest absolute Gasteiger partial charge is 0.223 e. The predicted octanol–water partition coefficient (Wildman–Crippen LogP) is 0.783. The lowest BCUT2D eigenvalue weighted by Gasteiger charge is -2.24. The van der Waals surface area contributed by atoms with E-state index in [1.54, 1.807) is 17.3 Å². The first-order chi connectivity index (χ1) is 12.4. The lowest BCUT2D eigenvalue weighted by atomic mass is 10.1. The van der Waals surface area contributed by atoms with E-state index in [0.717, 1.165) is 17.8 Å². The molecule has 0 aliphatic carbocycles. The van der Waals surface area contributed by atoms with Gasteiger partial charge in [-0.15, -0.1) is 0 Å². The molecule has 1 aliphatic rings. The van der Waals surface area contributed by atoms with Gasteiger partial charge in [-0.2, -0.15) is 5.10 Å². The monoisotopic (exact) mass is 377 g/mol. The first kappa shape index (κ1) is 18.4. The van der Waals surface area contributed by atoms with Gasteiger partial charge >= 0.3 is 0 Å². The van der Waals surface area contributed by atoms with E-state index in [0.29, 0.717) is 26.2 Å². The van der Waals surface area contributed by atoms with Crippen LogP contribution in [0.15, 0.2) is 36.7 Å². The molecule has 0 saturated carbocycles. The van der Waals surface area contributed by atoms with Gasteiger partial charge < -0.3 is 10.2 Å². The maximum Gasteiger partial charge on any atom is 0.223 e. The summed E-state index contributed by atoms with van der Waals surface area (Å²) in [4.78, 5) is 18.5. The van der Waals surface area contributed by atoms with E-state index in [1.165, 1.54) is 0 Å². The van der Waals surface area contributed by atoms with Crippen LogP contribution in [0.25, 0.3) is 0 Å². The van der Waals surface area contributed by atoms with Gasteiger partial charge in [0, 0.05) is 50.6 Å². The van der Waals surface area contributed by atoms with Crippen LogP contribution in [0.3, 0.4) is 0 Å². The van der Waals surface area contributed by atoms with Crippen molar-refractivity contribution in [1.29, 1.82) is 0 Å². The van der Waals surface area contributed by atoms with Crippen molar-refractivity contribution < 1.29 is 13.2 Å². The van der Waals surface area contributed by atoms with Crippen LogP contribution in [0, 0.1) is 5.92 Å². The summed E-state index contributed by atoms with van der Waals surface area (Å²) in [6.45, 7) is 2.33. The number of aromatic nitrogens is 3. The molecule has 8 nitrogen and oxygen atoms in total. The number of carbonyl (C=O) groups is 1. The Bertz CT molecular complexity index is 850. The average molecular weight is 377 g/mol. The fourth-order valence-electron chi connectivity index (χ4n) is 3.00. The third kappa shape index (κ3) is 5.04. The molecule has 0 fully saturated rings. The van der Waals surface area contributed by atoms with Crippen LogP contribution in [-0.2, 0) is 27.7 Å². The molecule has 26 heavy (non-hydrogen) atoms. The van der Waals surface area contributed by atoms with Crippen molar-refractivity contribution in [3.63, 3.8) is 0 Å². The standard InChI is InChI=1S/C17H23N5O3S/c1-26(24,25)9-6-17(23)21-11-14(10-19-16-4-2-3-7-18-16)12-22-15(13-21)5-8-20-22/h2-5,7-8,14H,6,9-13H2,1H3,(H,18,19)/t14-/m1/s1. The zero-order valence-electron chi connectivity index (χ0n) is 14.7. The Morgan fingerprint density at radius 1 is 1.27 bits per heavy atom. The highest BCUT2D eigenvalue weighted by atomic mass is 32.2. The summed E-state index contributed by atoms with van der Waals surface area (Å²) in [5.74, 6) is 0.652. The normalized spacial score (nSPS) is 17.4. The summed E-state index contributed by atoms with van der Waals surface area (Å²) in [5.41, 5.74) is 0.957. The molecule has 0 radical (unpaired) electrons. The SMILES string of the molecule is CS(=O)(=O)CCC(=O)N1Cc2ccnn2C[C@H](CNc2ccccn2)C1. The topological polar surface area (TPSA) is 97.2 Å². The molecule has 1 aliphatic heterocycles. The van der Waals surface area contributed by atoms with Crippen molar-refractivity contribution in [2.75, 3.05) is 30.4 Å². The summed E-state index contributed by atoms with van der Waals surface area (Å²) < 4.78 is 24.6. The van der Waals surface area contributed by atoms with Crippen LogP contribution in [0.4, 0.5) is 5.82 Å². The molecule has 0 saturated heterocycles. The maximum atomic E-state index is 12.5. The van der Waals surface area contributed by atoms with Crippen LogP contribution in [0.1, 0.15) is 12.1 Å². The zero-order chi connectivity index (χ0) is 18.6. The highest BCUT2D eigenvalue weighted by Crippen LogP contribution is 2.17.